The maximum Gasteiger partial charge on any atom is 0.271 e. The van der Waals surface area contributed by atoms with E-state index in [9.17, 15) is 14.4 Å². The van der Waals surface area contributed by atoms with Gasteiger partial charge < -0.3 is 5.32 Å². The summed E-state index contributed by atoms with van der Waals surface area (Å²) >= 11 is 0. The molecule has 34 heavy (non-hydrogen) atoms. The van der Waals surface area contributed by atoms with Crippen molar-refractivity contribution in [2.75, 3.05) is 0 Å². The highest BCUT2D eigenvalue weighted by atomic mass is 16.2. The zero-order chi connectivity index (χ0) is 24.5. The lowest BCUT2D eigenvalue weighted by Crippen LogP contribution is -2.46. The van der Waals surface area contributed by atoms with Crippen LogP contribution in [0.15, 0.2) is 24.5 Å². The van der Waals surface area contributed by atoms with Gasteiger partial charge in [-0.2, -0.15) is 0 Å². The molecule has 2 fully saturated rings. The summed E-state index contributed by atoms with van der Waals surface area (Å²) in [5, 5.41) is 3.06. The van der Waals surface area contributed by atoms with Crippen molar-refractivity contribution < 1.29 is 14.4 Å². The van der Waals surface area contributed by atoms with Crippen molar-refractivity contribution in [1.82, 2.24) is 15.3 Å². The molecule has 1 heterocycles. The fourth-order valence-corrected chi connectivity index (χ4v) is 5.77. The summed E-state index contributed by atoms with van der Waals surface area (Å²) in [7, 11) is 0. The summed E-state index contributed by atoms with van der Waals surface area (Å²) in [6, 6.07) is 3.95. The second-order valence-corrected chi connectivity index (χ2v) is 9.86. The van der Waals surface area contributed by atoms with E-state index in [0.717, 1.165) is 47.9 Å². The smallest absolute Gasteiger partial charge is 0.271 e. The van der Waals surface area contributed by atoms with Crippen LogP contribution in [0.3, 0.4) is 0 Å². The van der Waals surface area contributed by atoms with Gasteiger partial charge in [-0.25, -0.2) is 4.98 Å². The van der Waals surface area contributed by atoms with Crippen molar-refractivity contribution in [2.45, 2.75) is 78.2 Å². The molecule has 6 heteroatoms. The van der Waals surface area contributed by atoms with E-state index in [-0.39, 0.29) is 28.9 Å². The molecule has 0 radical (unpaired) electrons. The van der Waals surface area contributed by atoms with Gasteiger partial charge in [-0.15, -0.1) is 5.92 Å². The highest BCUT2D eigenvalue weighted by molar-refractivity contribution is 6.10. The standard InChI is InChI=1S/C28H31N3O3/c1-5-6-20-13-17(2)24(18(3)14-20)25-22(32)15-28(16-23(25)33)9-7-21(8-10-28)31-27(34)26-19(4)29-11-12-30-26/h11-14,21,25H,7-10,15-16H2,1-4H3,(H,31,34). The number of ketones is 2. The maximum absolute atomic E-state index is 13.3. The molecular weight excluding hydrogens is 426 g/mol. The molecule has 2 aromatic rings. The van der Waals surface area contributed by atoms with Crippen molar-refractivity contribution in [3.05, 3.63) is 58.2 Å². The third-order valence-corrected chi connectivity index (χ3v) is 7.37. The second kappa shape index (κ2) is 9.50. The van der Waals surface area contributed by atoms with E-state index < -0.39 is 5.92 Å². The minimum Gasteiger partial charge on any atom is -0.348 e. The van der Waals surface area contributed by atoms with Crippen molar-refractivity contribution in [2.24, 2.45) is 5.41 Å². The Morgan fingerprint density at radius 2 is 1.59 bits per heavy atom. The monoisotopic (exact) mass is 457 g/mol. The molecule has 0 bridgehead atoms. The topological polar surface area (TPSA) is 89.0 Å². The number of aromatic nitrogens is 2. The molecule has 1 aromatic heterocycles. The highest BCUT2D eigenvalue weighted by Gasteiger charge is 2.47. The zero-order valence-corrected chi connectivity index (χ0v) is 20.3. The molecule has 6 nitrogen and oxygen atoms in total. The maximum atomic E-state index is 13.3. The zero-order valence-electron chi connectivity index (χ0n) is 20.3. The van der Waals surface area contributed by atoms with E-state index in [1.54, 1.807) is 20.0 Å². The number of hydrogen-bond acceptors (Lipinski definition) is 5. The predicted octanol–water partition coefficient (Wildman–Crippen LogP) is 4.15. The van der Waals surface area contributed by atoms with Crippen molar-refractivity contribution >= 4 is 17.5 Å². The third kappa shape index (κ3) is 4.65. The Labute approximate surface area is 201 Å². The van der Waals surface area contributed by atoms with Gasteiger partial charge in [0.25, 0.3) is 5.91 Å². The third-order valence-electron chi connectivity index (χ3n) is 7.37. The summed E-state index contributed by atoms with van der Waals surface area (Å²) < 4.78 is 0. The van der Waals surface area contributed by atoms with E-state index in [4.69, 9.17) is 0 Å². The average molecular weight is 458 g/mol. The Morgan fingerprint density at radius 3 is 2.15 bits per heavy atom. The number of nitrogens with one attached hydrogen (secondary N) is 1. The molecule has 2 aliphatic carbocycles. The molecule has 2 saturated carbocycles. The van der Waals surface area contributed by atoms with E-state index in [2.05, 4.69) is 27.1 Å². The molecule has 176 valence electrons. The number of carbonyl (C=O) groups is 3. The van der Waals surface area contributed by atoms with Gasteiger partial charge in [0.2, 0.25) is 0 Å². The van der Waals surface area contributed by atoms with E-state index in [0.29, 0.717) is 24.2 Å². The van der Waals surface area contributed by atoms with Gasteiger partial charge in [0, 0.05) is 36.8 Å². The summed E-state index contributed by atoms with van der Waals surface area (Å²) in [6.07, 6.45) is 6.93. The fourth-order valence-electron chi connectivity index (χ4n) is 5.77. The first-order valence-corrected chi connectivity index (χ1v) is 11.9. The second-order valence-electron chi connectivity index (χ2n) is 9.86. The van der Waals surface area contributed by atoms with Gasteiger partial charge >= 0.3 is 0 Å². The predicted molar refractivity (Wildman–Crippen MR) is 129 cm³/mol. The Bertz CT molecular complexity index is 1170. The van der Waals surface area contributed by atoms with E-state index >= 15 is 0 Å². The highest BCUT2D eigenvalue weighted by Crippen LogP contribution is 2.49. The van der Waals surface area contributed by atoms with E-state index in [1.165, 1.54) is 6.20 Å². The van der Waals surface area contributed by atoms with Crippen LogP contribution in [0, 0.1) is 38.0 Å². The van der Waals surface area contributed by atoms with Crippen LogP contribution >= 0.6 is 0 Å². The van der Waals surface area contributed by atoms with Crippen LogP contribution in [0.5, 0.6) is 0 Å². The van der Waals surface area contributed by atoms with Crippen molar-refractivity contribution in [3.63, 3.8) is 0 Å². The van der Waals surface area contributed by atoms with Gasteiger partial charge in [-0.3, -0.25) is 19.4 Å². The minimum atomic E-state index is -0.675. The summed E-state index contributed by atoms with van der Waals surface area (Å²) in [4.78, 5) is 47.6. The largest absolute Gasteiger partial charge is 0.348 e. The number of nitrogens with zero attached hydrogens (tertiary/aromatic N) is 2. The van der Waals surface area contributed by atoms with Gasteiger partial charge in [-0.1, -0.05) is 5.92 Å². The molecule has 0 unspecified atom stereocenters. The Morgan fingerprint density at radius 1 is 1.00 bits per heavy atom. The summed E-state index contributed by atoms with van der Waals surface area (Å²) in [5.74, 6) is 5.12. The first kappa shape index (κ1) is 23.8. The van der Waals surface area contributed by atoms with Crippen molar-refractivity contribution in [1.29, 1.82) is 0 Å². The number of aryl methyl sites for hydroxylation is 3. The lowest BCUT2D eigenvalue weighted by Gasteiger charge is -2.43. The van der Waals surface area contributed by atoms with Crippen molar-refractivity contribution in [3.8, 4) is 11.8 Å². The van der Waals surface area contributed by atoms with Gasteiger partial charge in [-0.05, 0) is 87.6 Å². The molecule has 0 atom stereocenters. The van der Waals surface area contributed by atoms with Crippen LogP contribution in [0.1, 0.15) is 89.8 Å². The first-order chi connectivity index (χ1) is 16.2. The molecule has 1 spiro atoms. The fraction of sp³-hybridized carbons (Fsp3) is 0.464. The van der Waals surface area contributed by atoms with Crippen LogP contribution in [0.2, 0.25) is 0 Å². The first-order valence-electron chi connectivity index (χ1n) is 11.9. The summed E-state index contributed by atoms with van der Waals surface area (Å²) in [6.45, 7) is 7.48. The number of amides is 1. The van der Waals surface area contributed by atoms with Crippen LogP contribution in [0.4, 0.5) is 0 Å². The average Bonchev–Trinajstić information content (AvgIpc) is 2.77. The quantitative estimate of drug-likeness (QED) is 0.553. The summed E-state index contributed by atoms with van der Waals surface area (Å²) in [5.41, 5.74) is 4.32. The number of hydrogen-bond donors (Lipinski definition) is 1. The van der Waals surface area contributed by atoms with Gasteiger partial charge in [0.1, 0.15) is 23.2 Å². The van der Waals surface area contributed by atoms with Gasteiger partial charge in [0.15, 0.2) is 0 Å². The van der Waals surface area contributed by atoms with E-state index in [1.807, 2.05) is 26.0 Å². The molecule has 2 aliphatic rings. The van der Waals surface area contributed by atoms with Crippen LogP contribution < -0.4 is 5.32 Å². The lowest BCUT2D eigenvalue weighted by molar-refractivity contribution is -0.138. The molecule has 4 rings (SSSR count). The minimum absolute atomic E-state index is 0.0131. The normalized spacial score (nSPS) is 24.5. The van der Waals surface area contributed by atoms with Crippen LogP contribution in [0.25, 0.3) is 0 Å². The molecule has 1 aromatic carbocycles. The SMILES string of the molecule is CC#Cc1cc(C)c(C2C(=O)CC3(CCC(NC(=O)c4nccnc4C)CC3)CC2=O)c(C)c1. The number of rotatable bonds is 3. The molecule has 1 amide bonds. The molecule has 0 saturated heterocycles. The molecule has 0 aliphatic heterocycles. The van der Waals surface area contributed by atoms with Gasteiger partial charge in [0.05, 0.1) is 5.69 Å². The lowest BCUT2D eigenvalue weighted by atomic mass is 9.60. The molecule has 1 N–H and O–H groups in total. The van der Waals surface area contributed by atoms with Crippen LogP contribution in [-0.2, 0) is 9.59 Å². The number of Topliss-reactive ketones (excluding diaryl/α,β-unsaturated/α-hetero) is 2. The Hall–Kier alpha value is -3.33. The number of carbonyl (C=O) groups excluding carboxylic acids is 3. The Kier molecular flexibility index (Phi) is 6.65. The molecular formula is C28H31N3O3. The Balaban J connectivity index is 1.44. The number of benzene rings is 1. The van der Waals surface area contributed by atoms with Crippen LogP contribution in [-0.4, -0.2) is 33.5 Å².